The Balaban J connectivity index is 2.93. The van der Waals surface area contributed by atoms with E-state index in [4.69, 9.17) is 5.11 Å². The fourth-order valence-corrected chi connectivity index (χ4v) is 1.11. The summed E-state index contributed by atoms with van der Waals surface area (Å²) in [5.74, 6) is -0.899. The second kappa shape index (κ2) is 4.07. The summed E-state index contributed by atoms with van der Waals surface area (Å²) in [7, 11) is 0. The third kappa shape index (κ3) is 2.20. The number of rotatable bonds is 2. The average molecular weight is 227 g/mol. The van der Waals surface area contributed by atoms with Crippen LogP contribution in [0.5, 0.6) is 0 Å². The van der Waals surface area contributed by atoms with Crippen molar-refractivity contribution >= 4 is 28.0 Å². The minimum atomic E-state index is -0.899. The second-order valence-corrected chi connectivity index (χ2v) is 2.75. The van der Waals surface area contributed by atoms with E-state index in [1.165, 1.54) is 0 Å². The summed E-state index contributed by atoms with van der Waals surface area (Å²) in [6, 6.07) is 6.65. The Morgan fingerprint density at radius 2 is 1.92 bits per heavy atom. The minimum Gasteiger partial charge on any atom is -0.478 e. The van der Waals surface area contributed by atoms with Gasteiger partial charge in [0, 0.05) is 0 Å². The first-order valence-corrected chi connectivity index (χ1v) is 4.26. The van der Waals surface area contributed by atoms with Crippen LogP contribution < -0.4 is 0 Å². The summed E-state index contributed by atoms with van der Waals surface area (Å²) in [6.07, 6.45) is 1.84. The quantitative estimate of drug-likeness (QED) is 0.843. The molecule has 0 aliphatic heterocycles. The van der Waals surface area contributed by atoms with Gasteiger partial charge in [0.1, 0.15) is 0 Å². The van der Waals surface area contributed by atoms with E-state index in [0.29, 0.717) is 5.56 Å². The second-order valence-electron chi connectivity index (χ2n) is 2.22. The highest BCUT2D eigenvalue weighted by Crippen LogP contribution is 2.06. The third-order valence-electron chi connectivity index (χ3n) is 1.41. The van der Waals surface area contributed by atoms with Gasteiger partial charge in [0.15, 0.2) is 0 Å². The van der Waals surface area contributed by atoms with Crippen molar-refractivity contribution in [3.05, 3.63) is 40.4 Å². The first-order chi connectivity index (χ1) is 5.74. The summed E-state index contributed by atoms with van der Waals surface area (Å²) >= 11 is 3.14. The van der Waals surface area contributed by atoms with Crippen LogP contribution in [-0.4, -0.2) is 11.1 Å². The number of hydrogen-bond acceptors (Lipinski definition) is 1. The van der Waals surface area contributed by atoms with Crippen LogP contribution in [0.2, 0.25) is 0 Å². The topological polar surface area (TPSA) is 37.3 Å². The maximum absolute atomic E-state index is 10.4. The molecule has 3 heteroatoms. The molecule has 0 radical (unpaired) electrons. The van der Waals surface area contributed by atoms with Gasteiger partial charge in [-0.25, -0.2) is 4.79 Å². The lowest BCUT2D eigenvalue weighted by molar-refractivity contribution is 0.0697. The van der Waals surface area contributed by atoms with Gasteiger partial charge in [0.05, 0.1) is 5.56 Å². The molecule has 2 nitrogen and oxygen atoms in total. The molecule has 0 fully saturated rings. The Morgan fingerprint density at radius 1 is 1.33 bits per heavy atom. The molecule has 1 aromatic carbocycles. The van der Waals surface area contributed by atoms with Crippen LogP contribution in [-0.2, 0) is 0 Å². The normalized spacial score (nSPS) is 10.4. The zero-order valence-electron chi connectivity index (χ0n) is 6.20. The maximum Gasteiger partial charge on any atom is 0.335 e. The lowest BCUT2D eigenvalue weighted by Crippen LogP contribution is -1.94. The largest absolute Gasteiger partial charge is 0.478 e. The lowest BCUT2D eigenvalue weighted by Gasteiger charge is -1.94. The summed E-state index contributed by atoms with van der Waals surface area (Å²) < 4.78 is 0. The average Bonchev–Trinajstić information content (AvgIpc) is 2.06. The Bertz CT molecular complexity index is 301. The van der Waals surface area contributed by atoms with Gasteiger partial charge in [-0.1, -0.05) is 28.1 Å². The first kappa shape index (κ1) is 9.00. The summed E-state index contributed by atoms with van der Waals surface area (Å²) in [6.45, 7) is 0. The molecule has 1 aromatic rings. The molecule has 1 rings (SSSR count). The molecule has 0 amide bonds. The molecular formula is C9H7BrO2. The number of aromatic carboxylic acids is 1. The fraction of sp³-hybridized carbons (Fsp3) is 0. The van der Waals surface area contributed by atoms with Crippen molar-refractivity contribution in [1.82, 2.24) is 0 Å². The monoisotopic (exact) mass is 226 g/mol. The first-order valence-electron chi connectivity index (χ1n) is 3.34. The Kier molecular flexibility index (Phi) is 3.05. The van der Waals surface area contributed by atoms with Gasteiger partial charge in [0.2, 0.25) is 0 Å². The summed E-state index contributed by atoms with van der Waals surface area (Å²) in [4.78, 5) is 12.2. The molecule has 0 saturated carbocycles. The van der Waals surface area contributed by atoms with Crippen molar-refractivity contribution in [3.8, 4) is 0 Å². The van der Waals surface area contributed by atoms with Gasteiger partial charge in [-0.3, -0.25) is 0 Å². The highest BCUT2D eigenvalue weighted by molar-refractivity contribution is 9.11. The Hall–Kier alpha value is -1.09. The van der Waals surface area contributed by atoms with Crippen LogP contribution in [0.15, 0.2) is 29.3 Å². The van der Waals surface area contributed by atoms with Crippen molar-refractivity contribution < 1.29 is 9.90 Å². The van der Waals surface area contributed by atoms with E-state index in [9.17, 15) is 4.79 Å². The molecule has 0 atom stereocenters. The van der Waals surface area contributed by atoms with Gasteiger partial charge in [-0.15, -0.1) is 0 Å². The Labute approximate surface area is 78.7 Å². The van der Waals surface area contributed by atoms with E-state index < -0.39 is 5.97 Å². The smallest absolute Gasteiger partial charge is 0.335 e. The number of halogens is 1. The van der Waals surface area contributed by atoms with Crippen molar-refractivity contribution in [3.63, 3.8) is 0 Å². The van der Waals surface area contributed by atoms with E-state index in [1.54, 1.807) is 29.3 Å². The number of benzene rings is 1. The Morgan fingerprint density at radius 3 is 2.33 bits per heavy atom. The van der Waals surface area contributed by atoms with Crippen LogP contribution in [0.25, 0.3) is 6.08 Å². The number of carboxylic acids is 1. The molecule has 0 heterocycles. The van der Waals surface area contributed by atoms with Crippen molar-refractivity contribution in [1.29, 1.82) is 0 Å². The van der Waals surface area contributed by atoms with Gasteiger partial charge in [-0.2, -0.15) is 0 Å². The molecule has 0 unspecified atom stereocenters. The molecule has 62 valence electrons. The number of carboxylic acid groups (broad SMARTS) is 1. The minimum absolute atomic E-state index is 0.307. The fourth-order valence-electron chi connectivity index (χ4n) is 0.810. The van der Waals surface area contributed by atoms with Crippen LogP contribution in [0.1, 0.15) is 15.9 Å². The lowest BCUT2D eigenvalue weighted by atomic mass is 10.1. The predicted molar refractivity (Wildman–Crippen MR) is 51.4 cm³/mol. The maximum atomic E-state index is 10.4. The van der Waals surface area contributed by atoms with Crippen LogP contribution in [0.3, 0.4) is 0 Å². The van der Waals surface area contributed by atoms with E-state index >= 15 is 0 Å². The van der Waals surface area contributed by atoms with Crippen LogP contribution in [0.4, 0.5) is 0 Å². The van der Waals surface area contributed by atoms with Crippen molar-refractivity contribution in [2.45, 2.75) is 0 Å². The zero-order chi connectivity index (χ0) is 8.97. The molecule has 0 aliphatic rings. The van der Waals surface area contributed by atoms with E-state index in [0.717, 1.165) is 5.56 Å². The number of hydrogen-bond donors (Lipinski definition) is 1. The summed E-state index contributed by atoms with van der Waals surface area (Å²) in [5.41, 5.74) is 1.28. The molecule has 0 spiro atoms. The van der Waals surface area contributed by atoms with Gasteiger partial charge >= 0.3 is 5.97 Å². The van der Waals surface area contributed by atoms with E-state index in [1.807, 2.05) is 6.08 Å². The summed E-state index contributed by atoms with van der Waals surface area (Å²) in [5, 5.41) is 8.58. The highest BCUT2D eigenvalue weighted by atomic mass is 79.9. The van der Waals surface area contributed by atoms with Crippen molar-refractivity contribution in [2.24, 2.45) is 0 Å². The third-order valence-corrected chi connectivity index (χ3v) is 1.68. The zero-order valence-corrected chi connectivity index (χ0v) is 7.78. The molecule has 0 saturated heterocycles. The molecule has 0 aliphatic carbocycles. The van der Waals surface area contributed by atoms with Gasteiger partial charge in [0.25, 0.3) is 0 Å². The van der Waals surface area contributed by atoms with Gasteiger partial charge < -0.3 is 5.11 Å². The predicted octanol–water partition coefficient (Wildman–Crippen LogP) is 2.75. The molecule has 12 heavy (non-hydrogen) atoms. The molecule has 0 bridgehead atoms. The SMILES string of the molecule is O=C(O)c1ccc(/C=C/Br)cc1. The van der Waals surface area contributed by atoms with Crippen LogP contribution in [0, 0.1) is 0 Å². The standard InChI is InChI=1S/C9H7BrO2/c10-6-5-7-1-3-8(4-2-7)9(11)12/h1-6H,(H,11,12)/b6-5+. The highest BCUT2D eigenvalue weighted by Gasteiger charge is 1.99. The molecule has 0 aromatic heterocycles. The molecule has 1 N–H and O–H groups in total. The molecular weight excluding hydrogens is 220 g/mol. The van der Waals surface area contributed by atoms with E-state index in [2.05, 4.69) is 15.9 Å². The van der Waals surface area contributed by atoms with E-state index in [-0.39, 0.29) is 0 Å². The number of carbonyl (C=O) groups is 1. The van der Waals surface area contributed by atoms with Crippen LogP contribution >= 0.6 is 15.9 Å². The van der Waals surface area contributed by atoms with Crippen molar-refractivity contribution in [2.75, 3.05) is 0 Å². The van der Waals surface area contributed by atoms with Gasteiger partial charge in [-0.05, 0) is 28.8 Å².